The highest BCUT2D eigenvalue weighted by Gasteiger charge is 2.36. The van der Waals surface area contributed by atoms with Crippen LogP contribution in [0.25, 0.3) is 10.9 Å². The third-order valence-corrected chi connectivity index (χ3v) is 3.13. The summed E-state index contributed by atoms with van der Waals surface area (Å²) in [6.07, 6.45) is -3.64. The number of nitrogens with one attached hydrogen (secondary N) is 1. The van der Waals surface area contributed by atoms with E-state index in [0.717, 1.165) is 10.8 Å². The molecule has 0 unspecified atom stereocenters. The molecule has 0 aliphatic carbocycles. The van der Waals surface area contributed by atoms with E-state index in [1.54, 1.807) is 0 Å². The molecule has 0 aromatic carbocycles. The molecular formula is C14H13F4N3O. The Morgan fingerprint density at radius 3 is 2.73 bits per heavy atom. The fourth-order valence-corrected chi connectivity index (χ4v) is 2.13. The number of aryl methyl sites for hydroxylation is 1. The van der Waals surface area contributed by atoms with Crippen molar-refractivity contribution in [2.24, 2.45) is 7.05 Å². The Hall–Kier alpha value is -2.38. The van der Waals surface area contributed by atoms with Gasteiger partial charge in [-0.05, 0) is 12.1 Å². The fourth-order valence-electron chi connectivity index (χ4n) is 2.13. The maximum atomic E-state index is 13.0. The van der Waals surface area contributed by atoms with E-state index in [1.165, 1.54) is 19.2 Å². The highest BCUT2D eigenvalue weighted by Crippen LogP contribution is 2.34. The van der Waals surface area contributed by atoms with Gasteiger partial charge in [0.25, 0.3) is 5.91 Å². The number of alkyl halides is 4. The van der Waals surface area contributed by atoms with E-state index in [1.807, 2.05) is 0 Å². The molecule has 8 heteroatoms. The Balaban J connectivity index is 2.47. The first kappa shape index (κ1) is 16.0. The van der Waals surface area contributed by atoms with Crippen LogP contribution in [0.4, 0.5) is 17.6 Å². The molecule has 0 saturated heterocycles. The zero-order valence-corrected chi connectivity index (χ0v) is 11.7. The van der Waals surface area contributed by atoms with Crippen LogP contribution in [-0.2, 0) is 13.2 Å². The lowest BCUT2D eigenvalue weighted by Gasteiger charge is -2.10. The zero-order chi connectivity index (χ0) is 16.5. The molecule has 2 aromatic heterocycles. The number of nitrogens with zero attached hydrogens (tertiary/aromatic N) is 2. The molecule has 0 spiro atoms. The smallest absolute Gasteiger partial charge is 0.338 e. The van der Waals surface area contributed by atoms with Crippen molar-refractivity contribution in [2.45, 2.75) is 12.6 Å². The number of halogens is 4. The maximum absolute atomic E-state index is 13.0. The molecule has 22 heavy (non-hydrogen) atoms. The summed E-state index contributed by atoms with van der Waals surface area (Å²) in [5, 5.41) is 2.60. The van der Waals surface area contributed by atoms with E-state index in [-0.39, 0.29) is 28.7 Å². The van der Waals surface area contributed by atoms with Crippen molar-refractivity contribution in [1.82, 2.24) is 14.9 Å². The summed E-state index contributed by atoms with van der Waals surface area (Å²) < 4.78 is 52.3. The number of rotatable bonds is 4. The van der Waals surface area contributed by atoms with Crippen LogP contribution in [0, 0.1) is 0 Å². The summed E-state index contributed by atoms with van der Waals surface area (Å²) >= 11 is 0. The fraction of sp³-hybridized carbons (Fsp3) is 0.286. The van der Waals surface area contributed by atoms with E-state index in [4.69, 9.17) is 0 Å². The van der Waals surface area contributed by atoms with Crippen molar-refractivity contribution in [3.05, 3.63) is 42.0 Å². The molecule has 118 valence electrons. The van der Waals surface area contributed by atoms with Gasteiger partial charge in [-0.2, -0.15) is 13.2 Å². The summed E-state index contributed by atoms with van der Waals surface area (Å²) in [6, 6.07) is 2.71. The molecule has 0 atom stereocenters. The summed E-state index contributed by atoms with van der Waals surface area (Å²) in [5.74, 6) is -0.648. The van der Waals surface area contributed by atoms with Gasteiger partial charge in [0.15, 0.2) is 5.69 Å². The zero-order valence-electron chi connectivity index (χ0n) is 11.7. The van der Waals surface area contributed by atoms with Crippen LogP contribution in [0.2, 0.25) is 0 Å². The van der Waals surface area contributed by atoms with Gasteiger partial charge < -0.3 is 9.88 Å². The number of pyridine rings is 1. The Morgan fingerprint density at radius 2 is 2.14 bits per heavy atom. The monoisotopic (exact) mass is 315 g/mol. The Kier molecular flexibility index (Phi) is 4.20. The average Bonchev–Trinajstić information content (AvgIpc) is 2.75. The number of hydrogen-bond acceptors (Lipinski definition) is 2. The van der Waals surface area contributed by atoms with Crippen molar-refractivity contribution in [3.8, 4) is 0 Å². The second kappa shape index (κ2) is 5.78. The first-order valence-corrected chi connectivity index (χ1v) is 6.32. The predicted molar refractivity (Wildman–Crippen MR) is 72.9 cm³/mol. The molecule has 1 N–H and O–H groups in total. The molecule has 0 radical (unpaired) electrons. The summed E-state index contributed by atoms with van der Waals surface area (Å²) in [4.78, 5) is 15.4. The molecule has 4 nitrogen and oxygen atoms in total. The highest BCUT2D eigenvalue weighted by atomic mass is 19.4. The van der Waals surface area contributed by atoms with E-state index in [9.17, 15) is 22.4 Å². The third-order valence-electron chi connectivity index (χ3n) is 3.13. The van der Waals surface area contributed by atoms with Crippen molar-refractivity contribution >= 4 is 16.8 Å². The molecule has 0 aliphatic rings. The molecule has 0 bridgehead atoms. The van der Waals surface area contributed by atoms with Gasteiger partial charge in [-0.15, -0.1) is 0 Å². The number of fused-ring (bicyclic) bond motifs is 1. The number of amides is 1. The van der Waals surface area contributed by atoms with Gasteiger partial charge in [0, 0.05) is 30.7 Å². The van der Waals surface area contributed by atoms with E-state index in [2.05, 4.69) is 16.9 Å². The Labute approximate surface area is 123 Å². The van der Waals surface area contributed by atoms with Crippen LogP contribution in [-0.4, -0.2) is 22.1 Å². The summed E-state index contributed by atoms with van der Waals surface area (Å²) in [6.45, 7) is 2.79. The number of carbonyl (C=O) groups excluding carboxylic acids is 1. The second-order valence-electron chi connectivity index (χ2n) is 4.68. The lowest BCUT2D eigenvalue weighted by Crippen LogP contribution is -2.24. The third kappa shape index (κ3) is 2.95. The topological polar surface area (TPSA) is 46.9 Å². The first-order chi connectivity index (χ1) is 10.3. The molecule has 2 heterocycles. The largest absolute Gasteiger partial charge is 0.435 e. The van der Waals surface area contributed by atoms with Crippen LogP contribution in [0.3, 0.4) is 0 Å². The highest BCUT2D eigenvalue weighted by molar-refractivity contribution is 5.99. The SMILES string of the molecule is C=C(CCF)NC(=O)c1cc2ccnc(C(F)(F)F)c2n1C. The second-order valence-corrected chi connectivity index (χ2v) is 4.68. The minimum Gasteiger partial charge on any atom is -0.338 e. The molecule has 1 amide bonds. The van der Waals surface area contributed by atoms with Crippen LogP contribution < -0.4 is 5.32 Å². The molecule has 0 saturated carbocycles. The van der Waals surface area contributed by atoms with Crippen molar-refractivity contribution in [1.29, 1.82) is 0 Å². The lowest BCUT2D eigenvalue weighted by molar-refractivity contribution is -0.140. The average molecular weight is 315 g/mol. The van der Waals surface area contributed by atoms with Gasteiger partial charge in [-0.1, -0.05) is 6.58 Å². The quantitative estimate of drug-likeness (QED) is 0.881. The first-order valence-electron chi connectivity index (χ1n) is 6.32. The van der Waals surface area contributed by atoms with Crippen LogP contribution >= 0.6 is 0 Å². The van der Waals surface area contributed by atoms with E-state index < -0.39 is 24.5 Å². The number of aromatic nitrogens is 2. The van der Waals surface area contributed by atoms with Gasteiger partial charge in [0.05, 0.1) is 12.2 Å². The predicted octanol–water partition coefficient (Wildman–Crippen LogP) is 3.20. The molecule has 2 rings (SSSR count). The molecule has 0 aliphatic heterocycles. The minimum atomic E-state index is -4.63. The lowest BCUT2D eigenvalue weighted by atomic mass is 10.2. The van der Waals surface area contributed by atoms with Crippen LogP contribution in [0.5, 0.6) is 0 Å². The summed E-state index contributed by atoms with van der Waals surface area (Å²) in [5.41, 5.74) is -1.08. The van der Waals surface area contributed by atoms with Crippen LogP contribution in [0.1, 0.15) is 22.6 Å². The van der Waals surface area contributed by atoms with E-state index in [0.29, 0.717) is 0 Å². The normalized spacial score (nSPS) is 11.7. The summed E-state index contributed by atoms with van der Waals surface area (Å²) in [7, 11) is 1.34. The number of allylic oxidation sites excluding steroid dienone is 1. The van der Waals surface area contributed by atoms with Gasteiger partial charge in [0.2, 0.25) is 0 Å². The minimum absolute atomic E-state index is 0.00788. The number of hydrogen-bond donors (Lipinski definition) is 1. The van der Waals surface area contributed by atoms with Gasteiger partial charge >= 0.3 is 6.18 Å². The Morgan fingerprint density at radius 1 is 1.45 bits per heavy atom. The molecule has 0 fully saturated rings. The maximum Gasteiger partial charge on any atom is 0.435 e. The van der Waals surface area contributed by atoms with Gasteiger partial charge in [0.1, 0.15) is 5.69 Å². The standard InChI is InChI=1S/C14H13F4N3O/c1-8(3-5-15)20-13(22)10-7-9-4-6-19-12(14(16,17)18)11(9)21(10)2/h4,6-7H,1,3,5H2,2H3,(H,20,22). The van der Waals surface area contributed by atoms with Crippen LogP contribution in [0.15, 0.2) is 30.6 Å². The molecule has 2 aromatic rings. The van der Waals surface area contributed by atoms with Gasteiger partial charge in [-0.25, -0.2) is 4.98 Å². The van der Waals surface area contributed by atoms with Crippen molar-refractivity contribution < 1.29 is 22.4 Å². The Bertz CT molecular complexity index is 733. The van der Waals surface area contributed by atoms with Gasteiger partial charge in [-0.3, -0.25) is 9.18 Å². The number of carbonyl (C=O) groups is 1. The molecular weight excluding hydrogens is 302 g/mol. The van der Waals surface area contributed by atoms with Crippen molar-refractivity contribution in [2.75, 3.05) is 6.67 Å². The van der Waals surface area contributed by atoms with E-state index >= 15 is 0 Å². The van der Waals surface area contributed by atoms with Crippen molar-refractivity contribution in [3.63, 3.8) is 0 Å².